The Morgan fingerprint density at radius 3 is 1.74 bits per heavy atom. The molecule has 2 heteroatoms. The summed E-state index contributed by atoms with van der Waals surface area (Å²) in [5.74, 6) is 0.686. The average Bonchev–Trinajstić information content (AvgIpc) is 3.53. The summed E-state index contributed by atoms with van der Waals surface area (Å²) < 4.78 is 116. The Bertz CT molecular complexity index is 2880. The second-order valence-corrected chi connectivity index (χ2v) is 9.86. The number of hydrogen-bond acceptors (Lipinski definition) is 1. The summed E-state index contributed by atoms with van der Waals surface area (Å²) in [5, 5.41) is 0.0324. The van der Waals surface area contributed by atoms with E-state index in [9.17, 15) is 5.48 Å². The number of aryl methyl sites for hydroxylation is 1. The smallest absolute Gasteiger partial charge is 0.111 e. The highest BCUT2D eigenvalue weighted by Gasteiger charge is 2.18. The Labute approximate surface area is 263 Å². The van der Waals surface area contributed by atoms with Crippen LogP contribution in [0, 0.1) is 6.92 Å². The number of nitrogens with zero attached hydrogens (tertiary/aromatic N) is 2. The van der Waals surface area contributed by atoms with Gasteiger partial charge in [0.05, 0.1) is 28.9 Å². The number of aromatic nitrogens is 2. The van der Waals surface area contributed by atoms with Crippen molar-refractivity contribution in [3.8, 4) is 39.1 Å². The first-order valence-electron chi connectivity index (χ1n) is 19.8. The van der Waals surface area contributed by atoms with Gasteiger partial charge in [0.2, 0.25) is 0 Å². The van der Waals surface area contributed by atoms with Crippen molar-refractivity contribution < 1.29 is 17.8 Å². The van der Waals surface area contributed by atoms with Gasteiger partial charge >= 0.3 is 0 Å². The molecule has 0 unspecified atom stereocenters. The van der Waals surface area contributed by atoms with Crippen LogP contribution in [-0.2, 0) is 0 Å². The molecule has 0 saturated heterocycles. The zero-order valence-electron chi connectivity index (χ0n) is 35.3. The molecule has 0 aliphatic carbocycles. The molecule has 0 saturated carbocycles. The van der Waals surface area contributed by atoms with E-state index < -0.39 is 78.6 Å². The summed E-state index contributed by atoms with van der Waals surface area (Å²) in [6, 6.07) is 14.5. The van der Waals surface area contributed by atoms with Gasteiger partial charge in [0.1, 0.15) is 5.82 Å². The van der Waals surface area contributed by atoms with Gasteiger partial charge in [-0.15, -0.1) is 0 Å². The molecule has 0 aliphatic rings. The zero-order chi connectivity index (χ0) is 39.4. The number of benzene rings is 7. The minimum atomic E-state index is -0.560. The fourth-order valence-corrected chi connectivity index (χ4v) is 5.70. The van der Waals surface area contributed by atoms with Gasteiger partial charge in [-0.1, -0.05) is 121 Å². The molecule has 0 radical (unpaired) electrons. The molecule has 198 valence electrons. The van der Waals surface area contributed by atoms with Crippen molar-refractivity contribution in [2.24, 2.45) is 0 Å². The van der Waals surface area contributed by atoms with Crippen LogP contribution >= 0.6 is 0 Å². The van der Waals surface area contributed by atoms with Crippen molar-refractivity contribution in [3.63, 3.8) is 0 Å². The molecule has 0 amide bonds. The molecule has 42 heavy (non-hydrogen) atoms. The van der Waals surface area contributed by atoms with E-state index >= 15 is 0 Å². The maximum Gasteiger partial charge on any atom is 0.111 e. The van der Waals surface area contributed by atoms with Gasteiger partial charge in [-0.3, -0.25) is 4.57 Å². The fraction of sp³-hybridized carbons (Fsp3) is 0.0250. The molecule has 8 rings (SSSR count). The monoisotopic (exact) mass is 549 g/mol. The molecular weight excluding hydrogens is 508 g/mol. The van der Waals surface area contributed by atoms with Crippen LogP contribution in [0.4, 0.5) is 0 Å². The predicted octanol–water partition coefficient (Wildman–Crippen LogP) is 10.6. The van der Waals surface area contributed by atoms with Gasteiger partial charge in [-0.05, 0) is 92.2 Å². The van der Waals surface area contributed by atoms with Crippen molar-refractivity contribution >= 4 is 32.6 Å². The SMILES string of the molecule is [2H]c1c([2H])c([2H])c(-c2cccc(-c3c4c([2H])c([2H])c([2H])c([2H])c4c(-c4cccc(-n5c(C)nc6ccccc65)c4)c4c([2H])c([2H])c([2H])c([2H])c34)c2)c([2H])c1[2H]. The Morgan fingerprint density at radius 2 is 1.07 bits per heavy atom. The van der Waals surface area contributed by atoms with Gasteiger partial charge in [0, 0.05) is 5.69 Å². The molecule has 0 atom stereocenters. The molecule has 0 bridgehead atoms. The minimum Gasteiger partial charge on any atom is -0.297 e. The largest absolute Gasteiger partial charge is 0.297 e. The van der Waals surface area contributed by atoms with Gasteiger partial charge in [-0.25, -0.2) is 4.98 Å². The van der Waals surface area contributed by atoms with Crippen LogP contribution < -0.4 is 0 Å². The fourth-order valence-electron chi connectivity index (χ4n) is 5.70. The van der Waals surface area contributed by atoms with Crippen molar-refractivity contribution in [1.29, 1.82) is 0 Å². The number of hydrogen-bond donors (Lipinski definition) is 0. The number of fused-ring (bicyclic) bond motifs is 3. The number of rotatable bonds is 4. The van der Waals surface area contributed by atoms with E-state index in [1.54, 1.807) is 36.4 Å². The lowest BCUT2D eigenvalue weighted by Crippen LogP contribution is -1.97. The molecule has 0 fully saturated rings. The lowest BCUT2D eigenvalue weighted by atomic mass is 9.85. The van der Waals surface area contributed by atoms with Crippen LogP contribution in [0.15, 0.2) is 151 Å². The standard InChI is InChI=1S/C40H28N2/c1-27-41-37-23-9-10-24-38(37)42(27)32-18-12-17-31(26-32)40-35-21-7-5-19-33(35)39(34-20-6-8-22-36(34)40)30-16-11-15-29(25-30)28-13-3-2-4-14-28/h2-26H,1H3/i2D,3D,4D,5D,6D,7D,8D,13D,14D,19D,20D,21D,22D. The van der Waals surface area contributed by atoms with Crippen molar-refractivity contribution in [3.05, 3.63) is 157 Å². The highest BCUT2D eigenvalue weighted by molar-refractivity contribution is 6.21. The molecular formula is C40H28N2. The first-order valence-corrected chi connectivity index (χ1v) is 13.3. The van der Waals surface area contributed by atoms with E-state index in [4.69, 9.17) is 17.3 Å². The quantitative estimate of drug-likeness (QED) is 0.200. The maximum absolute atomic E-state index is 9.30. The Kier molecular flexibility index (Phi) is 3.39. The van der Waals surface area contributed by atoms with E-state index in [0.717, 1.165) is 11.0 Å². The van der Waals surface area contributed by atoms with E-state index in [1.165, 1.54) is 6.07 Å². The van der Waals surface area contributed by atoms with Crippen LogP contribution in [0.1, 0.15) is 23.6 Å². The molecule has 1 aromatic heterocycles. The summed E-state index contributed by atoms with van der Waals surface area (Å²) in [7, 11) is 0. The van der Waals surface area contributed by atoms with E-state index in [1.807, 2.05) is 41.8 Å². The normalized spacial score (nSPS) is 15.8. The lowest BCUT2D eigenvalue weighted by Gasteiger charge is -2.19. The summed E-state index contributed by atoms with van der Waals surface area (Å²) in [5.41, 5.74) is 3.30. The summed E-state index contributed by atoms with van der Waals surface area (Å²) in [6.07, 6.45) is 0. The molecule has 0 N–H and O–H groups in total. The Morgan fingerprint density at radius 1 is 0.524 bits per heavy atom. The van der Waals surface area contributed by atoms with Crippen LogP contribution in [0.5, 0.6) is 0 Å². The van der Waals surface area contributed by atoms with E-state index in [-0.39, 0.29) is 49.4 Å². The molecule has 7 aromatic carbocycles. The summed E-state index contributed by atoms with van der Waals surface area (Å²) in [4.78, 5) is 4.69. The maximum atomic E-state index is 9.30. The van der Waals surface area contributed by atoms with Crippen LogP contribution in [-0.4, -0.2) is 9.55 Å². The first-order chi connectivity index (χ1) is 26.1. The molecule has 2 nitrogen and oxygen atoms in total. The zero-order valence-corrected chi connectivity index (χ0v) is 22.3. The summed E-state index contributed by atoms with van der Waals surface area (Å²) >= 11 is 0. The van der Waals surface area contributed by atoms with Crippen LogP contribution in [0.2, 0.25) is 0 Å². The highest BCUT2D eigenvalue weighted by atomic mass is 15.1. The Hall–Kier alpha value is -5.47. The Balaban J connectivity index is 1.56. The third-order valence-electron chi connectivity index (χ3n) is 7.44. The van der Waals surface area contributed by atoms with Crippen LogP contribution in [0.25, 0.3) is 71.6 Å². The summed E-state index contributed by atoms with van der Waals surface area (Å²) in [6.45, 7) is 1.86. The van der Waals surface area contributed by atoms with Crippen molar-refractivity contribution in [1.82, 2.24) is 9.55 Å². The first kappa shape index (κ1) is 14.4. The highest BCUT2D eigenvalue weighted by Crippen LogP contribution is 2.44. The minimum absolute atomic E-state index is 0.00796. The van der Waals surface area contributed by atoms with E-state index in [2.05, 4.69) is 0 Å². The second kappa shape index (κ2) is 9.87. The van der Waals surface area contributed by atoms with Gasteiger partial charge in [0.15, 0.2) is 0 Å². The third-order valence-corrected chi connectivity index (χ3v) is 7.44. The van der Waals surface area contributed by atoms with Crippen LogP contribution in [0.3, 0.4) is 0 Å². The second-order valence-electron chi connectivity index (χ2n) is 9.86. The molecule has 0 spiro atoms. The van der Waals surface area contributed by atoms with Crippen molar-refractivity contribution in [2.45, 2.75) is 6.92 Å². The number of para-hydroxylation sites is 2. The van der Waals surface area contributed by atoms with Gasteiger partial charge in [0.25, 0.3) is 0 Å². The average molecular weight is 550 g/mol. The topological polar surface area (TPSA) is 17.8 Å². The third kappa shape index (κ3) is 3.92. The van der Waals surface area contributed by atoms with Gasteiger partial charge < -0.3 is 0 Å². The number of imidazole rings is 1. The predicted molar refractivity (Wildman–Crippen MR) is 177 cm³/mol. The van der Waals surface area contributed by atoms with E-state index in [0.29, 0.717) is 17.1 Å². The molecule has 8 aromatic rings. The van der Waals surface area contributed by atoms with Gasteiger partial charge in [-0.2, -0.15) is 0 Å². The molecule has 0 aliphatic heterocycles. The lowest BCUT2D eigenvalue weighted by molar-refractivity contribution is 1.00. The molecule has 1 heterocycles. The van der Waals surface area contributed by atoms with Crippen molar-refractivity contribution in [2.75, 3.05) is 0 Å².